The molecule has 2 heterocycles. The van der Waals surface area contributed by atoms with Crippen molar-refractivity contribution in [2.45, 2.75) is 32.0 Å². The summed E-state index contributed by atoms with van der Waals surface area (Å²) in [6, 6.07) is 17.2. The highest BCUT2D eigenvalue weighted by molar-refractivity contribution is 5.94. The van der Waals surface area contributed by atoms with Crippen LogP contribution in [0.1, 0.15) is 34.3 Å². The van der Waals surface area contributed by atoms with E-state index < -0.39 is 0 Å². The second kappa shape index (κ2) is 9.39. The summed E-state index contributed by atoms with van der Waals surface area (Å²) < 4.78 is 13.2. The first-order chi connectivity index (χ1) is 14.3. The minimum absolute atomic E-state index is 0.107. The van der Waals surface area contributed by atoms with Crippen molar-refractivity contribution in [2.75, 3.05) is 13.2 Å². The highest BCUT2D eigenvalue weighted by Crippen LogP contribution is 2.17. The molecule has 29 heavy (non-hydrogen) atoms. The number of carbonyl (C=O) groups is 1. The molecule has 1 aliphatic rings. The average Bonchev–Trinajstić information content (AvgIpc) is 3.46. The summed E-state index contributed by atoms with van der Waals surface area (Å²) in [5, 5.41) is 7.26. The average molecular weight is 391 g/mol. The fourth-order valence-electron chi connectivity index (χ4n) is 3.40. The fourth-order valence-corrected chi connectivity index (χ4v) is 3.40. The molecule has 1 aliphatic heterocycles. The normalized spacial score (nSPS) is 15.9. The van der Waals surface area contributed by atoms with Crippen LogP contribution in [-0.4, -0.2) is 35.0 Å². The van der Waals surface area contributed by atoms with E-state index in [0.717, 1.165) is 36.3 Å². The smallest absolute Gasteiger partial charge is 0.251 e. The van der Waals surface area contributed by atoms with Gasteiger partial charge in [-0.2, -0.15) is 5.10 Å². The predicted molar refractivity (Wildman–Crippen MR) is 110 cm³/mol. The number of hydrogen-bond acceptors (Lipinski definition) is 4. The molecule has 2 aromatic carbocycles. The minimum Gasteiger partial charge on any atom is -0.491 e. The molecule has 1 N–H and O–H groups in total. The van der Waals surface area contributed by atoms with Crippen LogP contribution in [0.15, 0.2) is 67.0 Å². The van der Waals surface area contributed by atoms with Gasteiger partial charge in [-0.15, -0.1) is 0 Å². The van der Waals surface area contributed by atoms with Crippen molar-refractivity contribution in [1.82, 2.24) is 15.1 Å². The van der Waals surface area contributed by atoms with Crippen LogP contribution < -0.4 is 10.1 Å². The van der Waals surface area contributed by atoms with Gasteiger partial charge in [0.25, 0.3) is 5.91 Å². The molecule has 3 aromatic rings. The molecule has 1 saturated heterocycles. The maximum atomic E-state index is 12.5. The summed E-state index contributed by atoms with van der Waals surface area (Å²) in [4.78, 5) is 12.5. The Hall–Kier alpha value is -3.12. The molecule has 0 unspecified atom stereocenters. The van der Waals surface area contributed by atoms with E-state index in [9.17, 15) is 4.79 Å². The largest absolute Gasteiger partial charge is 0.491 e. The van der Waals surface area contributed by atoms with Crippen molar-refractivity contribution in [3.63, 3.8) is 0 Å². The summed E-state index contributed by atoms with van der Waals surface area (Å²) in [6.07, 6.45) is 6.01. The quantitative estimate of drug-likeness (QED) is 0.639. The molecule has 1 fully saturated rings. The van der Waals surface area contributed by atoms with Crippen molar-refractivity contribution in [2.24, 2.45) is 0 Å². The lowest BCUT2D eigenvalue weighted by Crippen LogP contribution is -2.23. The monoisotopic (exact) mass is 391 g/mol. The number of carbonyl (C=O) groups excluding carboxylic acids is 1. The second-order valence-corrected chi connectivity index (χ2v) is 7.13. The van der Waals surface area contributed by atoms with E-state index in [-0.39, 0.29) is 12.0 Å². The van der Waals surface area contributed by atoms with Crippen molar-refractivity contribution in [3.8, 4) is 5.75 Å². The molecule has 1 amide bonds. The van der Waals surface area contributed by atoms with E-state index in [1.54, 1.807) is 18.3 Å². The van der Waals surface area contributed by atoms with Crippen molar-refractivity contribution < 1.29 is 14.3 Å². The summed E-state index contributed by atoms with van der Waals surface area (Å²) in [5.41, 5.74) is 2.82. The topological polar surface area (TPSA) is 65.4 Å². The lowest BCUT2D eigenvalue weighted by Gasteiger charge is -2.12. The van der Waals surface area contributed by atoms with E-state index in [2.05, 4.69) is 16.5 Å². The number of aromatic nitrogens is 2. The Kier molecular flexibility index (Phi) is 6.22. The first-order valence-corrected chi connectivity index (χ1v) is 9.95. The molecule has 0 saturated carbocycles. The third-order valence-electron chi connectivity index (χ3n) is 5.03. The van der Waals surface area contributed by atoms with Crippen LogP contribution in [0.3, 0.4) is 0 Å². The summed E-state index contributed by atoms with van der Waals surface area (Å²) >= 11 is 0. The molecular weight excluding hydrogens is 366 g/mol. The van der Waals surface area contributed by atoms with Gasteiger partial charge in [0.1, 0.15) is 12.4 Å². The highest BCUT2D eigenvalue weighted by atomic mass is 16.5. The summed E-state index contributed by atoms with van der Waals surface area (Å²) in [7, 11) is 0. The number of amides is 1. The van der Waals surface area contributed by atoms with Crippen molar-refractivity contribution >= 4 is 5.91 Å². The molecule has 1 aromatic heterocycles. The van der Waals surface area contributed by atoms with Gasteiger partial charge in [-0.3, -0.25) is 9.48 Å². The number of nitrogens with zero attached hydrogens (tertiary/aromatic N) is 2. The Labute approximate surface area is 170 Å². The van der Waals surface area contributed by atoms with Crippen molar-refractivity contribution in [1.29, 1.82) is 0 Å². The molecule has 0 bridgehead atoms. The van der Waals surface area contributed by atoms with Crippen LogP contribution in [0.5, 0.6) is 5.75 Å². The van der Waals surface area contributed by atoms with Crippen molar-refractivity contribution in [3.05, 3.63) is 83.7 Å². The molecule has 6 nitrogen and oxygen atoms in total. The lowest BCUT2D eigenvalue weighted by atomic mass is 10.1. The molecule has 0 aliphatic carbocycles. The Balaban J connectivity index is 1.31. The number of hydrogen-bond donors (Lipinski definition) is 1. The first-order valence-electron chi connectivity index (χ1n) is 9.95. The van der Waals surface area contributed by atoms with Gasteiger partial charge in [-0.05, 0) is 54.3 Å². The van der Waals surface area contributed by atoms with Gasteiger partial charge in [0.2, 0.25) is 0 Å². The van der Waals surface area contributed by atoms with Gasteiger partial charge in [0.15, 0.2) is 0 Å². The van der Waals surface area contributed by atoms with Crippen LogP contribution in [0, 0.1) is 0 Å². The molecule has 6 heteroatoms. The highest BCUT2D eigenvalue weighted by Gasteiger charge is 2.16. The lowest BCUT2D eigenvalue weighted by molar-refractivity contribution is 0.0679. The van der Waals surface area contributed by atoms with Gasteiger partial charge in [0.05, 0.1) is 12.6 Å². The van der Waals surface area contributed by atoms with E-state index in [1.165, 1.54) is 0 Å². The zero-order valence-electron chi connectivity index (χ0n) is 16.3. The number of rotatable bonds is 8. The Morgan fingerprint density at radius 1 is 1.14 bits per heavy atom. The maximum Gasteiger partial charge on any atom is 0.251 e. The molecule has 150 valence electrons. The third-order valence-corrected chi connectivity index (χ3v) is 5.03. The van der Waals surface area contributed by atoms with E-state index in [0.29, 0.717) is 25.3 Å². The second-order valence-electron chi connectivity index (χ2n) is 7.13. The van der Waals surface area contributed by atoms with Gasteiger partial charge in [-0.25, -0.2) is 0 Å². The van der Waals surface area contributed by atoms with Crippen LogP contribution in [-0.2, 0) is 17.8 Å². The first kappa shape index (κ1) is 19.2. The van der Waals surface area contributed by atoms with E-state index >= 15 is 0 Å². The van der Waals surface area contributed by atoms with E-state index in [1.807, 2.05) is 47.3 Å². The third kappa shape index (κ3) is 5.23. The molecule has 0 spiro atoms. The Morgan fingerprint density at radius 2 is 1.97 bits per heavy atom. The zero-order chi connectivity index (χ0) is 19.9. The van der Waals surface area contributed by atoms with Gasteiger partial charge in [0, 0.05) is 31.1 Å². The molecule has 4 rings (SSSR count). The molecule has 0 radical (unpaired) electrons. The zero-order valence-corrected chi connectivity index (χ0v) is 16.3. The maximum absolute atomic E-state index is 12.5. The minimum atomic E-state index is -0.107. The standard InChI is InChI=1S/C23H25N3O3/c27-23(18-8-10-21(11-9-18)29-17-22-7-3-14-28-22)24-15-19-5-1-2-6-20(19)16-26-13-4-12-25-26/h1-2,4-6,8-13,22H,3,7,14-17H2,(H,24,27)/t22-/m1/s1. The van der Waals surface area contributed by atoms with Gasteiger partial charge in [-0.1, -0.05) is 24.3 Å². The van der Waals surface area contributed by atoms with Gasteiger partial charge >= 0.3 is 0 Å². The predicted octanol–water partition coefficient (Wildman–Crippen LogP) is 3.42. The van der Waals surface area contributed by atoms with Crippen LogP contribution >= 0.6 is 0 Å². The number of ether oxygens (including phenoxy) is 2. The van der Waals surface area contributed by atoms with Crippen LogP contribution in [0.25, 0.3) is 0 Å². The van der Waals surface area contributed by atoms with Gasteiger partial charge < -0.3 is 14.8 Å². The summed E-state index contributed by atoms with van der Waals surface area (Å²) in [5.74, 6) is 0.645. The van der Waals surface area contributed by atoms with E-state index in [4.69, 9.17) is 9.47 Å². The fraction of sp³-hybridized carbons (Fsp3) is 0.304. The van der Waals surface area contributed by atoms with Crippen LogP contribution in [0.2, 0.25) is 0 Å². The molecular formula is C23H25N3O3. The summed E-state index contributed by atoms with van der Waals surface area (Å²) in [6.45, 7) is 2.51. The number of benzene rings is 2. The number of nitrogens with one attached hydrogen (secondary N) is 1. The Morgan fingerprint density at radius 3 is 2.69 bits per heavy atom. The molecule has 1 atom stereocenters. The SMILES string of the molecule is O=C(NCc1ccccc1Cn1cccn1)c1ccc(OC[C@H]2CCCO2)cc1. The Bertz CT molecular complexity index is 917. The van der Waals surface area contributed by atoms with Crippen LogP contribution in [0.4, 0.5) is 0 Å².